The molecule has 6 nitrogen and oxygen atoms in total. The Bertz CT molecular complexity index is 718. The predicted molar refractivity (Wildman–Crippen MR) is 88.7 cm³/mol. The molecule has 0 aliphatic heterocycles. The maximum Gasteiger partial charge on any atom is 0.339 e. The first kappa shape index (κ1) is 17.6. The first-order valence-electron chi connectivity index (χ1n) is 7.73. The summed E-state index contributed by atoms with van der Waals surface area (Å²) in [5.41, 5.74) is 1.18. The molecule has 0 radical (unpaired) electrons. The highest BCUT2D eigenvalue weighted by Gasteiger charge is 2.22. The number of benzene rings is 1. The molecule has 0 aliphatic rings. The van der Waals surface area contributed by atoms with Gasteiger partial charge in [0.1, 0.15) is 23.7 Å². The van der Waals surface area contributed by atoms with Crippen molar-refractivity contribution in [2.45, 2.75) is 20.3 Å². The second-order valence-corrected chi connectivity index (χ2v) is 5.49. The normalized spacial score (nSPS) is 10.5. The lowest BCUT2D eigenvalue weighted by Gasteiger charge is -2.16. The standard InChI is InChI=1S/C18H21NO5/c1-4-15-14(18(21)22)11-16(24-15)17(20)19(3)9-10-23-13-7-5-12(2)6-8-13/h5-8,11H,4,9-10H2,1-3H3,(H,21,22). The molecule has 1 amide bonds. The Balaban J connectivity index is 1.94. The second kappa shape index (κ2) is 7.68. The summed E-state index contributed by atoms with van der Waals surface area (Å²) < 4.78 is 11.0. The molecule has 1 aromatic heterocycles. The molecular weight excluding hydrogens is 310 g/mol. The van der Waals surface area contributed by atoms with Crippen molar-refractivity contribution in [3.63, 3.8) is 0 Å². The van der Waals surface area contributed by atoms with Gasteiger partial charge >= 0.3 is 5.97 Å². The van der Waals surface area contributed by atoms with Crippen molar-refractivity contribution in [1.82, 2.24) is 4.90 Å². The van der Waals surface area contributed by atoms with E-state index >= 15 is 0 Å². The number of aromatic carboxylic acids is 1. The van der Waals surface area contributed by atoms with Crippen molar-refractivity contribution in [3.05, 3.63) is 53.0 Å². The lowest BCUT2D eigenvalue weighted by molar-refractivity contribution is 0.0692. The zero-order valence-corrected chi connectivity index (χ0v) is 14.0. The molecule has 0 aliphatic carbocycles. The summed E-state index contributed by atoms with van der Waals surface area (Å²) in [5, 5.41) is 9.11. The van der Waals surface area contributed by atoms with Gasteiger partial charge in [-0.15, -0.1) is 0 Å². The number of aryl methyl sites for hydroxylation is 2. The molecule has 0 fully saturated rings. The van der Waals surface area contributed by atoms with Gasteiger partial charge in [0.2, 0.25) is 0 Å². The van der Waals surface area contributed by atoms with Gasteiger partial charge in [-0.1, -0.05) is 24.6 Å². The van der Waals surface area contributed by atoms with Crippen molar-refractivity contribution in [2.75, 3.05) is 20.2 Å². The third-order valence-electron chi connectivity index (χ3n) is 3.63. The predicted octanol–water partition coefficient (Wildman–Crippen LogP) is 3.00. The van der Waals surface area contributed by atoms with Crippen LogP contribution in [0.4, 0.5) is 0 Å². The molecule has 0 saturated carbocycles. The molecule has 1 heterocycles. The SMILES string of the molecule is CCc1oc(C(=O)N(C)CCOc2ccc(C)cc2)cc1C(=O)O. The number of hydrogen-bond donors (Lipinski definition) is 1. The molecule has 6 heteroatoms. The molecule has 0 bridgehead atoms. The number of furan rings is 1. The van der Waals surface area contributed by atoms with Crippen LogP contribution >= 0.6 is 0 Å². The Morgan fingerprint density at radius 3 is 2.46 bits per heavy atom. The average Bonchev–Trinajstić information content (AvgIpc) is 3.00. The Hall–Kier alpha value is -2.76. The van der Waals surface area contributed by atoms with Gasteiger partial charge in [0.25, 0.3) is 5.91 Å². The van der Waals surface area contributed by atoms with Crippen molar-refractivity contribution < 1.29 is 23.8 Å². The minimum Gasteiger partial charge on any atom is -0.492 e. The zero-order valence-electron chi connectivity index (χ0n) is 14.0. The Morgan fingerprint density at radius 1 is 1.25 bits per heavy atom. The summed E-state index contributed by atoms with van der Waals surface area (Å²) >= 11 is 0. The van der Waals surface area contributed by atoms with E-state index in [0.29, 0.717) is 25.3 Å². The van der Waals surface area contributed by atoms with Crippen LogP contribution in [0.15, 0.2) is 34.7 Å². The van der Waals surface area contributed by atoms with Gasteiger partial charge in [-0.2, -0.15) is 0 Å². The summed E-state index contributed by atoms with van der Waals surface area (Å²) in [5.74, 6) is -0.400. The van der Waals surface area contributed by atoms with E-state index < -0.39 is 5.97 Å². The van der Waals surface area contributed by atoms with E-state index in [1.807, 2.05) is 31.2 Å². The van der Waals surface area contributed by atoms with E-state index in [1.54, 1.807) is 14.0 Å². The summed E-state index contributed by atoms with van der Waals surface area (Å²) in [7, 11) is 1.62. The number of carbonyl (C=O) groups excluding carboxylic acids is 1. The maximum atomic E-state index is 12.3. The van der Waals surface area contributed by atoms with Crippen LogP contribution in [0, 0.1) is 6.92 Å². The number of carboxylic acids is 1. The van der Waals surface area contributed by atoms with Gasteiger partial charge in [0.05, 0.1) is 6.54 Å². The average molecular weight is 331 g/mol. The van der Waals surface area contributed by atoms with Gasteiger partial charge in [-0.05, 0) is 19.1 Å². The van der Waals surface area contributed by atoms with Gasteiger partial charge in [0.15, 0.2) is 5.76 Å². The van der Waals surface area contributed by atoms with Gasteiger partial charge in [-0.3, -0.25) is 4.79 Å². The number of amides is 1. The van der Waals surface area contributed by atoms with Crippen LogP contribution in [-0.2, 0) is 6.42 Å². The van der Waals surface area contributed by atoms with E-state index in [1.165, 1.54) is 11.0 Å². The largest absolute Gasteiger partial charge is 0.492 e. The quantitative estimate of drug-likeness (QED) is 0.843. The fourth-order valence-corrected chi connectivity index (χ4v) is 2.20. The Labute approximate surface area is 140 Å². The molecule has 0 saturated heterocycles. The third kappa shape index (κ3) is 4.16. The highest BCUT2D eigenvalue weighted by atomic mass is 16.5. The molecule has 0 atom stereocenters. The van der Waals surface area contributed by atoms with Crippen molar-refractivity contribution in [1.29, 1.82) is 0 Å². The summed E-state index contributed by atoms with van der Waals surface area (Å²) in [6.07, 6.45) is 0.412. The molecule has 128 valence electrons. The van der Waals surface area contributed by atoms with Gasteiger partial charge in [-0.25, -0.2) is 4.79 Å². The number of hydrogen-bond acceptors (Lipinski definition) is 4. The van der Waals surface area contributed by atoms with Gasteiger partial charge in [0, 0.05) is 19.5 Å². The van der Waals surface area contributed by atoms with Crippen LogP contribution < -0.4 is 4.74 Å². The summed E-state index contributed by atoms with van der Waals surface area (Å²) in [6.45, 7) is 4.46. The lowest BCUT2D eigenvalue weighted by Crippen LogP contribution is -2.30. The molecule has 24 heavy (non-hydrogen) atoms. The molecule has 2 rings (SSSR count). The molecular formula is C18H21NO5. The number of rotatable bonds is 7. The summed E-state index contributed by atoms with van der Waals surface area (Å²) in [4.78, 5) is 24.9. The minimum atomic E-state index is -1.10. The highest BCUT2D eigenvalue weighted by molar-refractivity contribution is 5.96. The topological polar surface area (TPSA) is 80.0 Å². The number of ether oxygens (including phenoxy) is 1. The minimum absolute atomic E-state index is 0.0297. The van der Waals surface area contributed by atoms with Crippen LogP contribution in [0.1, 0.15) is 39.2 Å². The van der Waals surface area contributed by atoms with Crippen LogP contribution in [0.2, 0.25) is 0 Å². The monoisotopic (exact) mass is 331 g/mol. The first-order chi connectivity index (χ1) is 11.4. The number of nitrogens with zero attached hydrogens (tertiary/aromatic N) is 1. The fourth-order valence-electron chi connectivity index (χ4n) is 2.20. The van der Waals surface area contributed by atoms with Crippen LogP contribution in [-0.4, -0.2) is 42.1 Å². The number of carboxylic acid groups (broad SMARTS) is 1. The van der Waals surface area contributed by atoms with Crippen LogP contribution in [0.25, 0.3) is 0 Å². The van der Waals surface area contributed by atoms with Gasteiger partial charge < -0.3 is 19.2 Å². The lowest BCUT2D eigenvalue weighted by atomic mass is 10.2. The molecule has 0 spiro atoms. The molecule has 2 aromatic rings. The van der Waals surface area contributed by atoms with Crippen molar-refractivity contribution >= 4 is 11.9 Å². The van der Waals surface area contributed by atoms with Crippen molar-refractivity contribution in [3.8, 4) is 5.75 Å². The van der Waals surface area contributed by atoms with Crippen molar-refractivity contribution in [2.24, 2.45) is 0 Å². The third-order valence-corrected chi connectivity index (χ3v) is 3.63. The van der Waals surface area contributed by atoms with E-state index in [2.05, 4.69) is 0 Å². The fraction of sp³-hybridized carbons (Fsp3) is 0.333. The van der Waals surface area contributed by atoms with E-state index in [-0.39, 0.29) is 17.2 Å². The first-order valence-corrected chi connectivity index (χ1v) is 7.73. The second-order valence-electron chi connectivity index (χ2n) is 5.49. The van der Waals surface area contributed by atoms with E-state index in [4.69, 9.17) is 14.3 Å². The number of likely N-dealkylation sites (N-methyl/N-ethyl adjacent to an activating group) is 1. The maximum absolute atomic E-state index is 12.3. The smallest absolute Gasteiger partial charge is 0.339 e. The molecule has 1 N–H and O–H groups in total. The van der Waals surface area contributed by atoms with Crippen LogP contribution in [0.5, 0.6) is 5.75 Å². The summed E-state index contributed by atoms with van der Waals surface area (Å²) in [6, 6.07) is 8.92. The van der Waals surface area contributed by atoms with E-state index in [9.17, 15) is 9.59 Å². The number of carbonyl (C=O) groups is 2. The highest BCUT2D eigenvalue weighted by Crippen LogP contribution is 2.18. The van der Waals surface area contributed by atoms with Crippen LogP contribution in [0.3, 0.4) is 0 Å². The Kier molecular flexibility index (Phi) is 5.63. The molecule has 0 unspecified atom stereocenters. The zero-order chi connectivity index (χ0) is 17.7. The molecule has 1 aromatic carbocycles. The Morgan fingerprint density at radius 2 is 1.92 bits per heavy atom. The van der Waals surface area contributed by atoms with E-state index in [0.717, 1.165) is 11.3 Å².